The molecule has 0 aliphatic carbocycles. The average Bonchev–Trinajstić information content (AvgIpc) is 3.38. The number of alkyl halides is 3. The van der Waals surface area contributed by atoms with Crippen LogP contribution in [0.1, 0.15) is 29.9 Å². The molecular weight excluding hydrogens is 441 g/mol. The number of carbonyl (C=O) groups is 1. The molecule has 11 heteroatoms. The standard InChI is InChI=1S/C22H21F3N4O4/c1-21(2)31-12-16(33-21)10-27-19(30)17-8-7-15(9-26-17)29-20-28-11-18(32-20)13-3-5-14(6-4-13)22(23,24)25/h3-9,11,16H,10,12H2,1-2H3,(H,27,30)(H,28,29). The zero-order valence-corrected chi connectivity index (χ0v) is 17.8. The third-order valence-electron chi connectivity index (χ3n) is 4.81. The SMILES string of the molecule is CC1(C)OCC(CNC(=O)c2ccc(Nc3ncc(-c4ccc(C(F)(F)F)cc4)o3)cn2)O1. The molecule has 0 radical (unpaired) electrons. The third kappa shape index (κ3) is 5.68. The Kier molecular flexibility index (Phi) is 6.09. The Balaban J connectivity index is 1.33. The van der Waals surface area contributed by atoms with Crippen LogP contribution in [0.2, 0.25) is 0 Å². The van der Waals surface area contributed by atoms with Crippen LogP contribution in [0.15, 0.2) is 53.2 Å². The lowest BCUT2D eigenvalue weighted by Crippen LogP contribution is -2.34. The van der Waals surface area contributed by atoms with Crippen LogP contribution in [-0.4, -0.2) is 40.9 Å². The van der Waals surface area contributed by atoms with Crippen LogP contribution in [0.25, 0.3) is 11.3 Å². The van der Waals surface area contributed by atoms with Gasteiger partial charge in [0.05, 0.1) is 30.3 Å². The largest absolute Gasteiger partial charge is 0.423 e. The van der Waals surface area contributed by atoms with E-state index in [9.17, 15) is 18.0 Å². The summed E-state index contributed by atoms with van der Waals surface area (Å²) in [6, 6.07) is 7.87. The first-order chi connectivity index (χ1) is 15.6. The van der Waals surface area contributed by atoms with Crippen molar-refractivity contribution < 1.29 is 31.9 Å². The molecule has 174 valence electrons. The molecule has 0 spiro atoms. The molecular formula is C22H21F3N4O4. The van der Waals surface area contributed by atoms with E-state index in [1.54, 1.807) is 6.07 Å². The minimum atomic E-state index is -4.40. The van der Waals surface area contributed by atoms with Gasteiger partial charge in [-0.05, 0) is 38.1 Å². The van der Waals surface area contributed by atoms with Gasteiger partial charge in [-0.2, -0.15) is 13.2 Å². The molecule has 1 saturated heterocycles. The van der Waals surface area contributed by atoms with E-state index in [0.29, 0.717) is 30.2 Å². The lowest BCUT2D eigenvalue weighted by molar-refractivity contribution is -0.138. The molecule has 1 aliphatic heterocycles. The van der Waals surface area contributed by atoms with Crippen LogP contribution in [0.4, 0.5) is 24.9 Å². The van der Waals surface area contributed by atoms with E-state index in [1.165, 1.54) is 30.6 Å². The normalized spacial score (nSPS) is 17.7. The lowest BCUT2D eigenvalue weighted by atomic mass is 10.1. The summed E-state index contributed by atoms with van der Waals surface area (Å²) >= 11 is 0. The summed E-state index contributed by atoms with van der Waals surface area (Å²) in [5, 5.41) is 5.65. The molecule has 1 aliphatic rings. The topological polar surface area (TPSA) is 98.5 Å². The number of halogens is 3. The Hall–Kier alpha value is -3.44. The summed E-state index contributed by atoms with van der Waals surface area (Å²) in [4.78, 5) is 20.5. The van der Waals surface area contributed by atoms with E-state index in [4.69, 9.17) is 13.9 Å². The first-order valence-corrected chi connectivity index (χ1v) is 10.1. The van der Waals surface area contributed by atoms with Crippen molar-refractivity contribution in [3.05, 3.63) is 60.0 Å². The zero-order chi connectivity index (χ0) is 23.6. The highest BCUT2D eigenvalue weighted by Crippen LogP contribution is 2.31. The number of nitrogens with one attached hydrogen (secondary N) is 2. The van der Waals surface area contributed by atoms with Crippen LogP contribution in [0.3, 0.4) is 0 Å². The van der Waals surface area contributed by atoms with Crippen molar-refractivity contribution in [2.45, 2.75) is 31.9 Å². The molecule has 1 unspecified atom stereocenters. The van der Waals surface area contributed by atoms with Crippen molar-refractivity contribution in [1.29, 1.82) is 0 Å². The Morgan fingerprint density at radius 3 is 2.48 bits per heavy atom. The Morgan fingerprint density at radius 2 is 1.88 bits per heavy atom. The van der Waals surface area contributed by atoms with Crippen molar-refractivity contribution in [3.63, 3.8) is 0 Å². The van der Waals surface area contributed by atoms with Crippen LogP contribution in [0, 0.1) is 0 Å². The van der Waals surface area contributed by atoms with Crippen molar-refractivity contribution in [1.82, 2.24) is 15.3 Å². The number of hydrogen-bond acceptors (Lipinski definition) is 7. The van der Waals surface area contributed by atoms with E-state index >= 15 is 0 Å². The highest BCUT2D eigenvalue weighted by Gasteiger charge is 2.33. The van der Waals surface area contributed by atoms with Gasteiger partial charge in [0, 0.05) is 12.1 Å². The van der Waals surface area contributed by atoms with E-state index in [2.05, 4.69) is 20.6 Å². The predicted molar refractivity (Wildman–Crippen MR) is 112 cm³/mol. The Labute approximate surface area is 187 Å². The molecule has 8 nitrogen and oxygen atoms in total. The molecule has 3 heterocycles. The lowest BCUT2D eigenvalue weighted by Gasteiger charge is -2.17. The monoisotopic (exact) mass is 462 g/mol. The molecule has 2 aromatic heterocycles. The molecule has 1 aromatic carbocycles. The summed E-state index contributed by atoms with van der Waals surface area (Å²) in [5.41, 5.74) is 0.444. The zero-order valence-electron chi connectivity index (χ0n) is 17.8. The quantitative estimate of drug-likeness (QED) is 0.561. The first-order valence-electron chi connectivity index (χ1n) is 10.1. The first kappa shape index (κ1) is 22.7. The molecule has 1 atom stereocenters. The molecule has 2 N–H and O–H groups in total. The number of oxazole rings is 1. The van der Waals surface area contributed by atoms with Crippen LogP contribution < -0.4 is 10.6 Å². The van der Waals surface area contributed by atoms with E-state index in [1.807, 2.05) is 13.8 Å². The molecule has 0 saturated carbocycles. The number of benzene rings is 1. The van der Waals surface area contributed by atoms with Crippen LogP contribution in [0.5, 0.6) is 0 Å². The van der Waals surface area contributed by atoms with Gasteiger partial charge in [-0.15, -0.1) is 0 Å². The van der Waals surface area contributed by atoms with E-state index < -0.39 is 17.5 Å². The van der Waals surface area contributed by atoms with Gasteiger partial charge < -0.3 is 24.5 Å². The number of carbonyl (C=O) groups excluding carboxylic acids is 1. The number of rotatable bonds is 6. The fourth-order valence-electron chi connectivity index (χ4n) is 3.18. The van der Waals surface area contributed by atoms with Gasteiger partial charge in [0.1, 0.15) is 11.8 Å². The summed E-state index contributed by atoms with van der Waals surface area (Å²) in [6.07, 6.45) is -1.79. The summed E-state index contributed by atoms with van der Waals surface area (Å²) in [6.45, 7) is 4.31. The molecule has 1 fully saturated rings. The maximum atomic E-state index is 12.7. The van der Waals surface area contributed by atoms with Gasteiger partial charge in [0.15, 0.2) is 11.5 Å². The second-order valence-electron chi connectivity index (χ2n) is 7.82. The maximum Gasteiger partial charge on any atom is 0.416 e. The minimum Gasteiger partial charge on any atom is -0.423 e. The van der Waals surface area contributed by atoms with E-state index in [0.717, 1.165) is 12.1 Å². The van der Waals surface area contributed by atoms with Crippen LogP contribution in [-0.2, 0) is 15.7 Å². The summed E-state index contributed by atoms with van der Waals surface area (Å²) in [5.74, 6) is -0.709. The highest BCUT2D eigenvalue weighted by molar-refractivity contribution is 5.92. The molecule has 1 amide bonds. The second kappa shape index (κ2) is 8.83. The fourth-order valence-corrected chi connectivity index (χ4v) is 3.18. The van der Waals surface area contributed by atoms with Gasteiger partial charge >= 0.3 is 6.18 Å². The number of anilines is 2. The average molecular weight is 462 g/mol. The van der Waals surface area contributed by atoms with Gasteiger partial charge in [-0.3, -0.25) is 4.79 Å². The number of hydrogen-bond donors (Lipinski definition) is 2. The molecule has 3 aromatic rings. The van der Waals surface area contributed by atoms with Gasteiger partial charge in [-0.1, -0.05) is 12.1 Å². The Bertz CT molecular complexity index is 1110. The van der Waals surface area contributed by atoms with Gasteiger partial charge in [0.25, 0.3) is 11.9 Å². The van der Waals surface area contributed by atoms with Crippen molar-refractivity contribution in [2.75, 3.05) is 18.5 Å². The molecule has 4 rings (SSSR count). The van der Waals surface area contributed by atoms with Gasteiger partial charge in [-0.25, -0.2) is 9.97 Å². The molecule has 33 heavy (non-hydrogen) atoms. The van der Waals surface area contributed by atoms with Crippen molar-refractivity contribution in [3.8, 4) is 11.3 Å². The highest BCUT2D eigenvalue weighted by atomic mass is 19.4. The van der Waals surface area contributed by atoms with Crippen molar-refractivity contribution in [2.24, 2.45) is 0 Å². The Morgan fingerprint density at radius 1 is 1.12 bits per heavy atom. The summed E-state index contributed by atoms with van der Waals surface area (Å²) < 4.78 is 54.8. The summed E-state index contributed by atoms with van der Waals surface area (Å²) in [7, 11) is 0. The predicted octanol–water partition coefficient (Wildman–Crippen LogP) is 4.38. The molecule has 0 bridgehead atoms. The fraction of sp³-hybridized carbons (Fsp3) is 0.318. The second-order valence-corrected chi connectivity index (χ2v) is 7.82. The maximum absolute atomic E-state index is 12.7. The number of aromatic nitrogens is 2. The number of amides is 1. The number of ether oxygens (including phenoxy) is 2. The third-order valence-corrected chi connectivity index (χ3v) is 4.81. The van der Waals surface area contributed by atoms with Gasteiger partial charge in [0.2, 0.25) is 0 Å². The van der Waals surface area contributed by atoms with E-state index in [-0.39, 0.29) is 23.7 Å². The minimum absolute atomic E-state index is 0.130. The smallest absolute Gasteiger partial charge is 0.416 e. The van der Waals surface area contributed by atoms with Crippen molar-refractivity contribution >= 4 is 17.6 Å². The number of pyridine rings is 1. The number of nitrogens with zero attached hydrogens (tertiary/aromatic N) is 2. The van der Waals surface area contributed by atoms with Crippen LogP contribution >= 0.6 is 0 Å².